The van der Waals surface area contributed by atoms with Gasteiger partial charge in [-0.2, -0.15) is 13.2 Å². The van der Waals surface area contributed by atoms with Crippen LogP contribution in [0.5, 0.6) is 5.75 Å². The van der Waals surface area contributed by atoms with Crippen LogP contribution in [0.2, 0.25) is 0 Å². The Morgan fingerprint density at radius 2 is 1.37 bits per heavy atom. The fourth-order valence-corrected chi connectivity index (χ4v) is 4.96. The van der Waals surface area contributed by atoms with Crippen LogP contribution in [0.15, 0.2) is 77.9 Å². The van der Waals surface area contributed by atoms with E-state index in [2.05, 4.69) is 35.9 Å². The molecule has 1 radical (unpaired) electrons. The number of ketones is 1. The number of halogens is 3. The Bertz CT molecular complexity index is 1960. The first-order valence-corrected chi connectivity index (χ1v) is 12.5. The Labute approximate surface area is 273 Å². The van der Waals surface area contributed by atoms with Gasteiger partial charge in [0.25, 0.3) is 11.3 Å². The first-order valence-electron chi connectivity index (χ1n) is 12.5. The van der Waals surface area contributed by atoms with Crippen molar-refractivity contribution < 1.29 is 72.4 Å². The fourth-order valence-electron chi connectivity index (χ4n) is 4.96. The molecule has 0 atom stereocenters. The first-order chi connectivity index (χ1) is 19.0. The van der Waals surface area contributed by atoms with Crippen LogP contribution >= 0.6 is 0 Å². The summed E-state index contributed by atoms with van der Waals surface area (Å²) in [6.07, 6.45) is -1.55. The standard InChI is InChI=1S/C17H12F3NO3.C14H12N2.Eu/c1-2-21-13-10-6-4-3-5-9(10)7-8-11(13)14(22)12(16(21)24)15(23)17(18,19)20;1-9-5-7-15-13-11(9)3-4-12-10(2)6-8-16-14(12)13;/h3-8,22H,2H2,1H3;3-8H,1-2H3;. The van der Waals surface area contributed by atoms with E-state index >= 15 is 0 Å². The molecule has 0 aliphatic carbocycles. The van der Waals surface area contributed by atoms with Gasteiger partial charge in [-0.1, -0.05) is 42.5 Å². The minimum absolute atomic E-state index is 0. The van der Waals surface area contributed by atoms with Gasteiger partial charge in [-0.05, 0) is 55.5 Å². The predicted molar refractivity (Wildman–Crippen MR) is 150 cm³/mol. The molecule has 10 heteroatoms. The summed E-state index contributed by atoms with van der Waals surface area (Å²) in [4.78, 5) is 32.9. The largest absolute Gasteiger partial charge is 0.506 e. The topological polar surface area (TPSA) is 85.1 Å². The maximum Gasteiger partial charge on any atom is 0.455 e. The molecule has 0 aliphatic rings. The van der Waals surface area contributed by atoms with E-state index in [1.165, 1.54) is 28.0 Å². The molecule has 0 amide bonds. The van der Waals surface area contributed by atoms with E-state index in [4.69, 9.17) is 0 Å². The van der Waals surface area contributed by atoms with E-state index in [0.717, 1.165) is 21.0 Å². The van der Waals surface area contributed by atoms with Gasteiger partial charge in [-0.25, -0.2) is 0 Å². The maximum atomic E-state index is 12.8. The van der Waals surface area contributed by atoms with Crippen molar-refractivity contribution in [3.63, 3.8) is 0 Å². The Morgan fingerprint density at radius 3 is 1.90 bits per heavy atom. The summed E-state index contributed by atoms with van der Waals surface area (Å²) in [6.45, 7) is 5.85. The third-order valence-corrected chi connectivity index (χ3v) is 6.98. The number of aromatic nitrogens is 3. The van der Waals surface area contributed by atoms with Gasteiger partial charge in [0.05, 0.1) is 16.6 Å². The van der Waals surface area contributed by atoms with E-state index in [0.29, 0.717) is 10.9 Å². The third kappa shape index (κ3) is 5.52. The van der Waals surface area contributed by atoms with Gasteiger partial charge in [0.15, 0.2) is 0 Å². The average molecular weight is 696 g/mol. The molecular weight excluding hydrogens is 671 g/mol. The molecule has 0 spiro atoms. The molecule has 6 rings (SSSR count). The van der Waals surface area contributed by atoms with Crippen LogP contribution < -0.4 is 5.56 Å². The van der Waals surface area contributed by atoms with E-state index in [9.17, 15) is 27.9 Å². The SMILES string of the molecule is CCn1c(=O)c(C(=O)C(F)(F)F)c(O)c2ccc3ccccc3c21.Cc1ccnc2c1ccc1c(C)ccnc12.[Eu]. The third-order valence-electron chi connectivity index (χ3n) is 6.98. The molecule has 6 aromatic rings. The van der Waals surface area contributed by atoms with Gasteiger partial charge in [0.1, 0.15) is 11.3 Å². The van der Waals surface area contributed by atoms with Crippen LogP contribution in [0.3, 0.4) is 0 Å². The summed E-state index contributed by atoms with van der Waals surface area (Å²) in [5.41, 5.74) is 2.40. The Kier molecular flexibility index (Phi) is 8.97. The average Bonchev–Trinajstić information content (AvgIpc) is 2.93. The molecule has 209 valence electrons. The van der Waals surface area contributed by atoms with Gasteiger partial charge in [-0.15, -0.1) is 0 Å². The number of benzene rings is 3. The molecule has 6 nitrogen and oxygen atoms in total. The normalized spacial score (nSPS) is 11.4. The van der Waals surface area contributed by atoms with Crippen molar-refractivity contribution in [2.75, 3.05) is 0 Å². The number of hydrogen-bond acceptors (Lipinski definition) is 5. The van der Waals surface area contributed by atoms with Crippen molar-refractivity contribution >= 4 is 49.3 Å². The zero-order valence-corrected chi connectivity index (χ0v) is 24.7. The van der Waals surface area contributed by atoms with E-state index in [-0.39, 0.29) is 61.3 Å². The predicted octanol–water partition coefficient (Wildman–Crippen LogP) is 7.03. The van der Waals surface area contributed by atoms with Crippen molar-refractivity contribution in [2.24, 2.45) is 0 Å². The summed E-state index contributed by atoms with van der Waals surface area (Å²) in [5, 5.41) is 14.0. The van der Waals surface area contributed by atoms with Crippen LogP contribution in [0.1, 0.15) is 28.4 Å². The Hall–Kier alpha value is -3.21. The van der Waals surface area contributed by atoms with Crippen molar-refractivity contribution in [3.8, 4) is 5.75 Å². The molecule has 3 aromatic carbocycles. The monoisotopic (exact) mass is 696 g/mol. The first kappa shape index (κ1) is 30.7. The molecule has 0 saturated heterocycles. The number of pyridine rings is 3. The molecule has 0 fully saturated rings. The van der Waals surface area contributed by atoms with Crippen LogP contribution in [0.25, 0.3) is 43.5 Å². The molecule has 0 saturated carbocycles. The Morgan fingerprint density at radius 1 is 0.829 bits per heavy atom. The summed E-state index contributed by atoms with van der Waals surface area (Å²) in [6, 6.07) is 18.3. The number of hydrogen-bond donors (Lipinski definition) is 1. The number of carbonyl (C=O) groups excluding carboxylic acids is 1. The number of alkyl halides is 3. The zero-order valence-electron chi connectivity index (χ0n) is 22.3. The molecule has 0 bridgehead atoms. The number of carbonyl (C=O) groups is 1. The van der Waals surface area contributed by atoms with Gasteiger partial charge < -0.3 is 9.67 Å². The summed E-state index contributed by atoms with van der Waals surface area (Å²) < 4.78 is 39.4. The van der Waals surface area contributed by atoms with Gasteiger partial charge in [0.2, 0.25) is 0 Å². The quantitative estimate of drug-likeness (QED) is 0.156. The fraction of sp³-hybridized carbons (Fsp3) is 0.161. The molecule has 41 heavy (non-hydrogen) atoms. The van der Waals surface area contributed by atoms with Crippen molar-refractivity contribution in [1.29, 1.82) is 0 Å². The molecule has 3 heterocycles. The maximum absolute atomic E-state index is 12.8. The second kappa shape index (κ2) is 12.0. The molecule has 0 aliphatic heterocycles. The van der Waals surface area contributed by atoms with Gasteiger partial charge in [0, 0.05) is 89.9 Å². The minimum atomic E-state index is -5.24. The smallest absolute Gasteiger partial charge is 0.455 e. The van der Waals surface area contributed by atoms with Crippen LogP contribution in [-0.2, 0) is 6.54 Å². The van der Waals surface area contributed by atoms with Crippen molar-refractivity contribution in [3.05, 3.63) is 100 Å². The van der Waals surface area contributed by atoms with E-state index in [1.54, 1.807) is 37.3 Å². The number of aromatic hydroxyl groups is 1. The second-order valence-corrected chi connectivity index (χ2v) is 9.40. The summed E-state index contributed by atoms with van der Waals surface area (Å²) >= 11 is 0. The molecular formula is C31H24EuF3N3O3. The number of fused-ring (bicyclic) bond motifs is 6. The molecule has 3 aromatic heterocycles. The summed E-state index contributed by atoms with van der Waals surface area (Å²) in [5.74, 6) is -3.28. The zero-order chi connectivity index (χ0) is 28.8. The number of Topliss-reactive ketones (excluding diaryl/α,β-unsaturated/α-hetero) is 1. The van der Waals surface area contributed by atoms with Crippen LogP contribution in [-0.4, -0.2) is 31.6 Å². The van der Waals surface area contributed by atoms with Gasteiger partial charge >= 0.3 is 6.18 Å². The van der Waals surface area contributed by atoms with E-state index in [1.807, 2.05) is 24.5 Å². The van der Waals surface area contributed by atoms with Gasteiger partial charge in [-0.3, -0.25) is 19.6 Å². The number of aryl methyl sites for hydroxylation is 3. The Balaban J connectivity index is 0.000000198. The number of rotatable bonds is 2. The van der Waals surface area contributed by atoms with Crippen molar-refractivity contribution in [1.82, 2.24) is 14.5 Å². The second-order valence-electron chi connectivity index (χ2n) is 9.40. The van der Waals surface area contributed by atoms with Crippen molar-refractivity contribution in [2.45, 2.75) is 33.5 Å². The molecule has 1 N–H and O–H groups in total. The van der Waals surface area contributed by atoms with E-state index < -0.39 is 28.8 Å². The molecule has 0 unspecified atom stereocenters. The van der Waals surface area contributed by atoms with Crippen LogP contribution in [0.4, 0.5) is 13.2 Å². The summed E-state index contributed by atoms with van der Waals surface area (Å²) in [7, 11) is 0. The van der Waals surface area contributed by atoms with Crippen LogP contribution in [0, 0.1) is 63.2 Å². The number of nitrogens with zero attached hydrogens (tertiary/aromatic N) is 3. The minimum Gasteiger partial charge on any atom is -0.506 e.